The number of aromatic amines is 1. The number of fused-ring (bicyclic) bond motifs is 1. The van der Waals surface area contributed by atoms with Gasteiger partial charge in [0.1, 0.15) is 16.5 Å². The summed E-state index contributed by atoms with van der Waals surface area (Å²) in [5.74, 6) is 0.685. The van der Waals surface area contributed by atoms with Crippen molar-refractivity contribution in [3.8, 4) is 0 Å². The molecule has 0 amide bonds. The van der Waals surface area contributed by atoms with Gasteiger partial charge in [-0.3, -0.25) is 4.79 Å². The number of thioether (sulfide) groups is 1. The number of aromatic nitrogens is 3. The number of carbonyl (C=O) groups excluding carboxylic acids is 1. The van der Waals surface area contributed by atoms with Gasteiger partial charge in [-0.2, -0.15) is 0 Å². The fraction of sp³-hybridized carbons (Fsp3) is 0.364. The fourth-order valence-corrected chi connectivity index (χ4v) is 2.40. The summed E-state index contributed by atoms with van der Waals surface area (Å²) in [6, 6.07) is 1.98. The number of carbonyl (C=O) groups is 1. The van der Waals surface area contributed by atoms with E-state index in [2.05, 4.69) is 19.7 Å². The van der Waals surface area contributed by atoms with E-state index in [1.807, 2.05) is 19.9 Å². The minimum Gasteiger partial charge on any atom is -0.468 e. The van der Waals surface area contributed by atoms with Crippen LogP contribution in [-0.2, 0) is 9.53 Å². The zero-order chi connectivity index (χ0) is 12.4. The van der Waals surface area contributed by atoms with Crippen LogP contribution < -0.4 is 0 Å². The number of esters is 1. The van der Waals surface area contributed by atoms with Gasteiger partial charge in [0.25, 0.3) is 0 Å². The normalized spacial score (nSPS) is 10.8. The van der Waals surface area contributed by atoms with E-state index in [0.29, 0.717) is 5.82 Å². The molecule has 0 aliphatic rings. The highest BCUT2D eigenvalue weighted by molar-refractivity contribution is 8.00. The summed E-state index contributed by atoms with van der Waals surface area (Å²) in [7, 11) is 1.38. The van der Waals surface area contributed by atoms with Crippen molar-refractivity contribution >= 4 is 28.8 Å². The quantitative estimate of drug-likeness (QED) is 0.512. The first-order chi connectivity index (χ1) is 8.10. The number of H-pyrrole nitrogens is 1. The van der Waals surface area contributed by atoms with E-state index in [9.17, 15) is 4.79 Å². The highest BCUT2D eigenvalue weighted by atomic mass is 32.2. The van der Waals surface area contributed by atoms with Gasteiger partial charge in [0.15, 0.2) is 0 Å². The molecule has 0 spiro atoms. The Hall–Kier alpha value is -1.56. The number of rotatable bonds is 3. The van der Waals surface area contributed by atoms with Crippen LogP contribution in [0.1, 0.15) is 11.5 Å². The Kier molecular flexibility index (Phi) is 3.33. The second-order valence-electron chi connectivity index (χ2n) is 3.66. The average Bonchev–Trinajstić information content (AvgIpc) is 2.65. The molecule has 2 heterocycles. The zero-order valence-electron chi connectivity index (χ0n) is 9.90. The van der Waals surface area contributed by atoms with E-state index >= 15 is 0 Å². The van der Waals surface area contributed by atoms with Crippen LogP contribution in [0.3, 0.4) is 0 Å². The zero-order valence-corrected chi connectivity index (χ0v) is 10.7. The minimum absolute atomic E-state index is 0.256. The largest absolute Gasteiger partial charge is 0.468 e. The summed E-state index contributed by atoms with van der Waals surface area (Å²) in [6.07, 6.45) is 0. The molecule has 0 aliphatic carbocycles. The van der Waals surface area contributed by atoms with Gasteiger partial charge in [-0.15, -0.1) is 0 Å². The molecular weight excluding hydrogens is 238 g/mol. The van der Waals surface area contributed by atoms with Crippen LogP contribution in [0.15, 0.2) is 11.1 Å². The van der Waals surface area contributed by atoms with Gasteiger partial charge >= 0.3 is 5.97 Å². The minimum atomic E-state index is -0.258. The predicted octanol–water partition coefficient (Wildman–Crippen LogP) is 1.84. The van der Waals surface area contributed by atoms with Gasteiger partial charge in [0.05, 0.1) is 18.2 Å². The van der Waals surface area contributed by atoms with E-state index in [0.717, 1.165) is 21.8 Å². The molecule has 0 bridgehead atoms. The lowest BCUT2D eigenvalue weighted by atomic mass is 10.4. The van der Waals surface area contributed by atoms with Crippen LogP contribution in [0.25, 0.3) is 11.0 Å². The molecule has 1 N–H and O–H groups in total. The smallest absolute Gasteiger partial charge is 0.316 e. The van der Waals surface area contributed by atoms with E-state index in [1.165, 1.54) is 18.9 Å². The number of ether oxygens (including phenoxy) is 1. The number of aryl methyl sites for hydroxylation is 2. The van der Waals surface area contributed by atoms with E-state index < -0.39 is 0 Å². The maximum absolute atomic E-state index is 11.1. The third kappa shape index (κ3) is 2.58. The number of hydrogen-bond acceptors (Lipinski definition) is 5. The Bertz CT molecular complexity index is 565. The summed E-state index contributed by atoms with van der Waals surface area (Å²) < 4.78 is 4.61. The van der Waals surface area contributed by atoms with Crippen LogP contribution in [0.2, 0.25) is 0 Å². The Morgan fingerprint density at radius 2 is 2.24 bits per heavy atom. The molecule has 0 radical (unpaired) electrons. The first kappa shape index (κ1) is 11.9. The van der Waals surface area contributed by atoms with Crippen LogP contribution in [-0.4, -0.2) is 33.8 Å². The second kappa shape index (κ2) is 4.75. The highest BCUT2D eigenvalue weighted by Gasteiger charge is 2.11. The average molecular weight is 251 g/mol. The van der Waals surface area contributed by atoms with Gasteiger partial charge in [-0.1, -0.05) is 11.8 Å². The summed E-state index contributed by atoms with van der Waals surface area (Å²) in [6.45, 7) is 3.80. The summed E-state index contributed by atoms with van der Waals surface area (Å²) in [5, 5.41) is 1.75. The number of nitrogens with zero attached hydrogens (tertiary/aromatic N) is 2. The molecular formula is C11H13N3O2S. The molecule has 2 aromatic rings. The monoisotopic (exact) mass is 251 g/mol. The van der Waals surface area contributed by atoms with Crippen molar-refractivity contribution in [2.75, 3.05) is 12.9 Å². The van der Waals surface area contributed by atoms with Crippen molar-refractivity contribution in [1.29, 1.82) is 0 Å². The van der Waals surface area contributed by atoms with Gasteiger partial charge in [0, 0.05) is 5.69 Å². The molecule has 0 aliphatic heterocycles. The first-order valence-corrected chi connectivity index (χ1v) is 6.12. The molecule has 6 heteroatoms. The molecule has 0 aromatic carbocycles. The van der Waals surface area contributed by atoms with Gasteiger partial charge < -0.3 is 9.72 Å². The summed E-state index contributed by atoms with van der Waals surface area (Å²) >= 11 is 1.36. The van der Waals surface area contributed by atoms with E-state index in [4.69, 9.17) is 0 Å². The van der Waals surface area contributed by atoms with Crippen molar-refractivity contribution in [2.24, 2.45) is 0 Å². The molecule has 0 saturated carbocycles. The molecule has 0 fully saturated rings. The maximum atomic E-state index is 11.1. The number of methoxy groups -OCH3 is 1. The van der Waals surface area contributed by atoms with Crippen molar-refractivity contribution in [3.63, 3.8) is 0 Å². The molecule has 17 heavy (non-hydrogen) atoms. The maximum Gasteiger partial charge on any atom is 0.316 e. The lowest BCUT2D eigenvalue weighted by molar-refractivity contribution is -0.137. The topological polar surface area (TPSA) is 67.9 Å². The molecule has 0 atom stereocenters. The Morgan fingerprint density at radius 1 is 1.47 bits per heavy atom. The summed E-state index contributed by atoms with van der Waals surface area (Å²) in [4.78, 5) is 22.9. The Labute approximate surface area is 103 Å². The van der Waals surface area contributed by atoms with E-state index in [-0.39, 0.29) is 11.7 Å². The van der Waals surface area contributed by atoms with Crippen LogP contribution in [0.5, 0.6) is 0 Å². The van der Waals surface area contributed by atoms with Gasteiger partial charge in [0.2, 0.25) is 0 Å². The third-order valence-corrected chi connectivity index (χ3v) is 3.22. The molecule has 5 nitrogen and oxygen atoms in total. The third-order valence-electron chi connectivity index (χ3n) is 2.25. The van der Waals surface area contributed by atoms with E-state index in [1.54, 1.807) is 0 Å². The lowest BCUT2D eigenvalue weighted by Crippen LogP contribution is -2.03. The molecule has 0 unspecified atom stereocenters. The molecule has 90 valence electrons. The Morgan fingerprint density at radius 3 is 2.94 bits per heavy atom. The Balaban J connectivity index is 2.34. The van der Waals surface area contributed by atoms with Crippen LogP contribution in [0, 0.1) is 13.8 Å². The van der Waals surface area contributed by atoms with Gasteiger partial charge in [-0.05, 0) is 19.9 Å². The van der Waals surface area contributed by atoms with Crippen LogP contribution >= 0.6 is 11.8 Å². The lowest BCUT2D eigenvalue weighted by Gasteiger charge is -2.02. The standard InChI is InChI=1S/C11H13N3O2S/c1-6-4-8-10(12-6)13-7(2)14-11(8)17-5-9(15)16-3/h4H,5H2,1-3H3,(H,12,13,14). The van der Waals surface area contributed by atoms with Crippen LogP contribution in [0.4, 0.5) is 0 Å². The second-order valence-corrected chi connectivity index (χ2v) is 4.62. The fourth-order valence-electron chi connectivity index (χ4n) is 1.52. The SMILES string of the molecule is COC(=O)CSc1nc(C)nc2[nH]c(C)cc12. The molecule has 0 saturated heterocycles. The molecule has 2 rings (SSSR count). The van der Waals surface area contributed by atoms with Crippen molar-refractivity contribution in [2.45, 2.75) is 18.9 Å². The molecule has 2 aromatic heterocycles. The first-order valence-electron chi connectivity index (χ1n) is 5.13. The van der Waals surface area contributed by atoms with Gasteiger partial charge in [-0.25, -0.2) is 9.97 Å². The number of nitrogens with one attached hydrogen (secondary N) is 1. The van der Waals surface area contributed by atoms with Crippen molar-refractivity contribution < 1.29 is 9.53 Å². The van der Waals surface area contributed by atoms with Crippen molar-refractivity contribution in [1.82, 2.24) is 15.0 Å². The van der Waals surface area contributed by atoms with Crippen molar-refractivity contribution in [3.05, 3.63) is 17.6 Å². The number of hydrogen-bond donors (Lipinski definition) is 1. The predicted molar refractivity (Wildman–Crippen MR) is 66.1 cm³/mol. The summed E-state index contributed by atoms with van der Waals surface area (Å²) in [5.41, 5.74) is 1.84. The highest BCUT2D eigenvalue weighted by Crippen LogP contribution is 2.25.